The van der Waals surface area contributed by atoms with Crippen LogP contribution in [0.15, 0.2) is 48.5 Å². The van der Waals surface area contributed by atoms with Crippen LogP contribution in [-0.4, -0.2) is 57.1 Å². The van der Waals surface area contributed by atoms with Gasteiger partial charge in [-0.1, -0.05) is 68.3 Å². The number of halogens is 1. The number of nitrogens with one attached hydrogen (secondary N) is 1. The van der Waals surface area contributed by atoms with Gasteiger partial charge in [0.15, 0.2) is 0 Å². The Morgan fingerprint density at radius 3 is 2.34 bits per heavy atom. The van der Waals surface area contributed by atoms with E-state index in [0.29, 0.717) is 30.1 Å². The van der Waals surface area contributed by atoms with Gasteiger partial charge in [-0.3, -0.25) is 13.9 Å². The standard InChI is InChI=1S/C26H36ClN3O4S/c1-5-7-16-28-26(32)24(6-2)29(17-15-21-11-9-8-10-12-21)25(31)19-30(35(4,33)34)22-14-13-20(3)23(27)18-22/h8-14,18,24H,5-7,15-17,19H2,1-4H3,(H,28,32)/t24-/m0/s1. The normalized spacial score (nSPS) is 12.1. The van der Waals surface area contributed by atoms with E-state index in [1.54, 1.807) is 12.1 Å². The maximum Gasteiger partial charge on any atom is 0.244 e. The second-order valence-electron chi connectivity index (χ2n) is 8.59. The van der Waals surface area contributed by atoms with Crippen LogP contribution in [0.2, 0.25) is 5.02 Å². The first kappa shape index (κ1) is 28.7. The van der Waals surface area contributed by atoms with Gasteiger partial charge in [0.1, 0.15) is 12.6 Å². The van der Waals surface area contributed by atoms with E-state index in [1.165, 1.54) is 11.0 Å². The summed E-state index contributed by atoms with van der Waals surface area (Å²) in [7, 11) is -3.79. The van der Waals surface area contributed by atoms with Crippen LogP contribution < -0.4 is 9.62 Å². The molecule has 2 aromatic rings. The van der Waals surface area contributed by atoms with Crippen LogP contribution >= 0.6 is 11.6 Å². The van der Waals surface area contributed by atoms with Gasteiger partial charge in [0.25, 0.3) is 0 Å². The lowest BCUT2D eigenvalue weighted by atomic mass is 10.1. The number of rotatable bonds is 13. The third-order valence-electron chi connectivity index (χ3n) is 5.82. The summed E-state index contributed by atoms with van der Waals surface area (Å²) >= 11 is 6.23. The van der Waals surface area contributed by atoms with Gasteiger partial charge in [-0.05, 0) is 49.4 Å². The lowest BCUT2D eigenvalue weighted by Crippen LogP contribution is -2.53. The van der Waals surface area contributed by atoms with Gasteiger partial charge in [-0.15, -0.1) is 0 Å². The summed E-state index contributed by atoms with van der Waals surface area (Å²) < 4.78 is 26.3. The van der Waals surface area contributed by atoms with Gasteiger partial charge in [-0.2, -0.15) is 0 Å². The van der Waals surface area contributed by atoms with Crippen molar-refractivity contribution >= 4 is 39.1 Å². The number of carbonyl (C=O) groups is 2. The van der Waals surface area contributed by atoms with Crippen LogP contribution in [0.5, 0.6) is 0 Å². The van der Waals surface area contributed by atoms with Crippen LogP contribution in [0, 0.1) is 6.92 Å². The van der Waals surface area contributed by atoms with E-state index < -0.39 is 28.5 Å². The molecular formula is C26H36ClN3O4S. The number of sulfonamides is 1. The van der Waals surface area contributed by atoms with E-state index in [0.717, 1.165) is 34.5 Å². The number of hydrogen-bond donors (Lipinski definition) is 1. The Kier molecular flexibility index (Phi) is 11.0. The van der Waals surface area contributed by atoms with Crippen LogP contribution in [0.4, 0.5) is 5.69 Å². The summed E-state index contributed by atoms with van der Waals surface area (Å²) in [5.41, 5.74) is 2.13. The summed E-state index contributed by atoms with van der Waals surface area (Å²) in [6, 6.07) is 13.8. The fourth-order valence-electron chi connectivity index (χ4n) is 3.75. The zero-order chi connectivity index (χ0) is 26.0. The van der Waals surface area contributed by atoms with Crippen molar-refractivity contribution in [2.75, 3.05) is 30.2 Å². The molecule has 0 saturated carbocycles. The average Bonchev–Trinajstić information content (AvgIpc) is 2.82. The van der Waals surface area contributed by atoms with Crippen molar-refractivity contribution in [3.8, 4) is 0 Å². The number of hydrogen-bond acceptors (Lipinski definition) is 4. The van der Waals surface area contributed by atoms with E-state index in [1.807, 2.05) is 51.1 Å². The molecule has 35 heavy (non-hydrogen) atoms. The molecule has 0 saturated heterocycles. The Morgan fingerprint density at radius 1 is 1.09 bits per heavy atom. The number of carbonyl (C=O) groups excluding carboxylic acids is 2. The minimum absolute atomic E-state index is 0.230. The number of benzene rings is 2. The topological polar surface area (TPSA) is 86.8 Å². The average molecular weight is 522 g/mol. The molecule has 0 spiro atoms. The summed E-state index contributed by atoms with van der Waals surface area (Å²) in [6.07, 6.45) is 3.79. The summed E-state index contributed by atoms with van der Waals surface area (Å²) in [6.45, 7) is 6.10. The third kappa shape index (κ3) is 8.54. The Labute approximate surface area is 214 Å². The van der Waals surface area contributed by atoms with Crippen molar-refractivity contribution in [2.24, 2.45) is 0 Å². The minimum atomic E-state index is -3.79. The number of amides is 2. The number of anilines is 1. The molecule has 7 nitrogen and oxygen atoms in total. The fraction of sp³-hybridized carbons (Fsp3) is 0.462. The molecule has 1 N–H and O–H groups in total. The highest BCUT2D eigenvalue weighted by Crippen LogP contribution is 2.25. The molecule has 0 aromatic heterocycles. The SMILES string of the molecule is CCCCNC(=O)[C@H](CC)N(CCc1ccccc1)C(=O)CN(c1ccc(C)c(Cl)c1)S(C)(=O)=O. The highest BCUT2D eigenvalue weighted by atomic mass is 35.5. The van der Waals surface area contributed by atoms with Gasteiger partial charge in [-0.25, -0.2) is 8.42 Å². The van der Waals surface area contributed by atoms with Gasteiger partial charge < -0.3 is 10.2 Å². The first-order valence-electron chi connectivity index (χ1n) is 11.9. The monoisotopic (exact) mass is 521 g/mol. The highest BCUT2D eigenvalue weighted by molar-refractivity contribution is 7.92. The molecule has 0 radical (unpaired) electrons. The zero-order valence-electron chi connectivity index (χ0n) is 21.0. The van der Waals surface area contributed by atoms with Gasteiger partial charge in [0.2, 0.25) is 21.8 Å². The molecule has 0 aliphatic carbocycles. The summed E-state index contributed by atoms with van der Waals surface area (Å²) in [4.78, 5) is 28.1. The molecule has 2 aromatic carbocycles. The van der Waals surface area contributed by atoms with Crippen molar-refractivity contribution in [1.82, 2.24) is 10.2 Å². The van der Waals surface area contributed by atoms with Crippen LogP contribution in [0.1, 0.15) is 44.2 Å². The highest BCUT2D eigenvalue weighted by Gasteiger charge is 2.31. The molecule has 9 heteroatoms. The first-order valence-corrected chi connectivity index (χ1v) is 14.2. The van der Waals surface area contributed by atoms with Crippen molar-refractivity contribution in [2.45, 2.75) is 52.5 Å². The lowest BCUT2D eigenvalue weighted by molar-refractivity contribution is -0.139. The maximum atomic E-state index is 13.6. The number of unbranched alkanes of at least 4 members (excludes halogenated alkanes) is 1. The number of aryl methyl sites for hydroxylation is 1. The molecule has 0 aliphatic rings. The van der Waals surface area contributed by atoms with E-state index in [9.17, 15) is 18.0 Å². The van der Waals surface area contributed by atoms with Crippen molar-refractivity contribution in [3.05, 3.63) is 64.7 Å². The largest absolute Gasteiger partial charge is 0.354 e. The van der Waals surface area contributed by atoms with E-state index in [-0.39, 0.29) is 12.5 Å². The summed E-state index contributed by atoms with van der Waals surface area (Å²) in [5, 5.41) is 3.32. The second-order valence-corrected chi connectivity index (χ2v) is 10.9. The molecule has 1 atom stereocenters. The second kappa shape index (κ2) is 13.5. The van der Waals surface area contributed by atoms with Crippen molar-refractivity contribution in [1.29, 1.82) is 0 Å². The molecule has 0 unspecified atom stereocenters. The van der Waals surface area contributed by atoms with Gasteiger partial charge in [0.05, 0.1) is 11.9 Å². The molecule has 2 rings (SSSR count). The third-order valence-corrected chi connectivity index (χ3v) is 7.37. The fourth-order valence-corrected chi connectivity index (χ4v) is 4.77. The zero-order valence-corrected chi connectivity index (χ0v) is 22.5. The minimum Gasteiger partial charge on any atom is -0.354 e. The Bertz CT molecular complexity index is 1090. The molecule has 2 amide bonds. The molecule has 0 bridgehead atoms. The predicted octanol–water partition coefficient (Wildman–Crippen LogP) is 4.18. The maximum absolute atomic E-state index is 13.6. The van der Waals surface area contributed by atoms with E-state index in [2.05, 4.69) is 5.32 Å². The van der Waals surface area contributed by atoms with Crippen LogP contribution in [0.3, 0.4) is 0 Å². The Hall–Kier alpha value is -2.58. The van der Waals surface area contributed by atoms with E-state index in [4.69, 9.17) is 11.6 Å². The predicted molar refractivity (Wildman–Crippen MR) is 142 cm³/mol. The van der Waals surface area contributed by atoms with E-state index >= 15 is 0 Å². The van der Waals surface area contributed by atoms with Crippen LogP contribution in [-0.2, 0) is 26.0 Å². The molecule has 0 heterocycles. The smallest absolute Gasteiger partial charge is 0.244 e. The molecular weight excluding hydrogens is 486 g/mol. The van der Waals surface area contributed by atoms with Crippen molar-refractivity contribution < 1.29 is 18.0 Å². The van der Waals surface area contributed by atoms with Crippen LogP contribution in [0.25, 0.3) is 0 Å². The lowest BCUT2D eigenvalue weighted by Gasteiger charge is -2.33. The van der Waals surface area contributed by atoms with Gasteiger partial charge in [0, 0.05) is 18.1 Å². The van der Waals surface area contributed by atoms with Crippen molar-refractivity contribution in [3.63, 3.8) is 0 Å². The Morgan fingerprint density at radius 2 is 1.77 bits per heavy atom. The summed E-state index contributed by atoms with van der Waals surface area (Å²) in [5.74, 6) is -0.674. The molecule has 0 aliphatic heterocycles. The first-order chi connectivity index (χ1) is 16.6. The quantitative estimate of drug-likeness (QED) is 0.400. The van der Waals surface area contributed by atoms with Gasteiger partial charge >= 0.3 is 0 Å². The molecule has 192 valence electrons. The molecule has 0 fully saturated rings. The number of nitrogens with zero attached hydrogens (tertiary/aromatic N) is 2. The Balaban J connectivity index is 2.34.